The fourth-order valence-corrected chi connectivity index (χ4v) is 4.42. The van der Waals surface area contributed by atoms with E-state index in [0.717, 1.165) is 22.3 Å². The number of fused-ring (bicyclic) bond motifs is 3. The van der Waals surface area contributed by atoms with Gasteiger partial charge in [0.1, 0.15) is 11.4 Å². The van der Waals surface area contributed by atoms with Gasteiger partial charge in [0.2, 0.25) is 0 Å². The van der Waals surface area contributed by atoms with Crippen LogP contribution in [0.15, 0.2) is 97.1 Å². The average molecular weight is 438 g/mol. The van der Waals surface area contributed by atoms with Crippen LogP contribution in [0.4, 0.5) is 22.7 Å². The Morgan fingerprint density at radius 2 is 0.909 bits per heavy atom. The van der Waals surface area contributed by atoms with E-state index in [0.29, 0.717) is 11.4 Å². The molecule has 4 aromatic rings. The number of nitro groups is 2. The average Bonchev–Trinajstić information content (AvgIpc) is 3.09. The van der Waals surface area contributed by atoms with E-state index >= 15 is 0 Å². The zero-order valence-electron chi connectivity index (χ0n) is 17.3. The molecule has 8 nitrogen and oxygen atoms in total. The first-order valence-corrected chi connectivity index (χ1v) is 10.2. The second-order valence-corrected chi connectivity index (χ2v) is 7.64. The first kappa shape index (κ1) is 20.2. The van der Waals surface area contributed by atoms with E-state index in [1.54, 1.807) is 36.4 Å². The highest BCUT2D eigenvalue weighted by Gasteiger charge is 2.45. The lowest BCUT2D eigenvalue weighted by Gasteiger charge is -2.35. The van der Waals surface area contributed by atoms with Crippen molar-refractivity contribution in [1.82, 2.24) is 0 Å². The number of anilines is 2. The standard InChI is InChI=1S/C25H18N4O4/c30-28(31)23-15-7-5-13-21(23)26-25(27-22-14-6-8-16-24(22)29(32)33)19-11-3-1-9-17(19)18-10-2-4-12-20(18)25/h1-16,26-27H. The van der Waals surface area contributed by atoms with Crippen LogP contribution >= 0.6 is 0 Å². The molecule has 0 atom stereocenters. The number of para-hydroxylation sites is 4. The summed E-state index contributed by atoms with van der Waals surface area (Å²) in [5.41, 5.74) is 2.69. The predicted molar refractivity (Wildman–Crippen MR) is 126 cm³/mol. The van der Waals surface area contributed by atoms with Gasteiger partial charge in [-0.05, 0) is 23.3 Å². The topological polar surface area (TPSA) is 110 Å². The second-order valence-electron chi connectivity index (χ2n) is 7.64. The Balaban J connectivity index is 1.78. The van der Waals surface area contributed by atoms with Crippen molar-refractivity contribution in [3.05, 3.63) is 128 Å². The molecule has 0 saturated carbocycles. The fourth-order valence-electron chi connectivity index (χ4n) is 4.42. The van der Waals surface area contributed by atoms with Gasteiger partial charge in [0.05, 0.1) is 9.85 Å². The number of hydrogen-bond acceptors (Lipinski definition) is 6. The maximum atomic E-state index is 11.7. The molecular formula is C25H18N4O4. The molecule has 4 aromatic carbocycles. The molecule has 0 heterocycles. The molecule has 1 aliphatic carbocycles. The first-order valence-electron chi connectivity index (χ1n) is 10.2. The third kappa shape index (κ3) is 3.25. The summed E-state index contributed by atoms with van der Waals surface area (Å²) in [6.07, 6.45) is 0. The van der Waals surface area contributed by atoms with Crippen LogP contribution in [-0.4, -0.2) is 9.85 Å². The Morgan fingerprint density at radius 1 is 0.545 bits per heavy atom. The smallest absolute Gasteiger partial charge is 0.292 e. The van der Waals surface area contributed by atoms with E-state index in [4.69, 9.17) is 0 Å². The number of rotatable bonds is 6. The van der Waals surface area contributed by atoms with Gasteiger partial charge in [0.25, 0.3) is 11.4 Å². The van der Waals surface area contributed by atoms with Gasteiger partial charge >= 0.3 is 0 Å². The molecule has 5 rings (SSSR count). The van der Waals surface area contributed by atoms with Gasteiger partial charge < -0.3 is 10.6 Å². The third-order valence-corrected chi connectivity index (χ3v) is 5.80. The lowest BCUT2D eigenvalue weighted by molar-refractivity contribution is -0.384. The van der Waals surface area contributed by atoms with Crippen molar-refractivity contribution in [2.45, 2.75) is 5.66 Å². The van der Waals surface area contributed by atoms with Crippen molar-refractivity contribution in [1.29, 1.82) is 0 Å². The molecule has 8 heteroatoms. The predicted octanol–water partition coefficient (Wildman–Crippen LogP) is 5.91. The third-order valence-electron chi connectivity index (χ3n) is 5.80. The maximum Gasteiger partial charge on any atom is 0.292 e. The molecular weight excluding hydrogens is 420 g/mol. The molecule has 162 valence electrons. The summed E-state index contributed by atoms with van der Waals surface area (Å²) in [7, 11) is 0. The van der Waals surface area contributed by atoms with Gasteiger partial charge in [0.15, 0.2) is 5.66 Å². The highest BCUT2D eigenvalue weighted by atomic mass is 16.6. The van der Waals surface area contributed by atoms with E-state index in [2.05, 4.69) is 10.6 Å². The summed E-state index contributed by atoms with van der Waals surface area (Å²) in [6.45, 7) is 0. The van der Waals surface area contributed by atoms with Crippen LogP contribution in [0.1, 0.15) is 11.1 Å². The van der Waals surface area contributed by atoms with Gasteiger partial charge in [-0.1, -0.05) is 72.8 Å². The molecule has 0 unspecified atom stereocenters. The van der Waals surface area contributed by atoms with Crippen LogP contribution in [0.25, 0.3) is 11.1 Å². The molecule has 0 fully saturated rings. The zero-order chi connectivity index (χ0) is 23.0. The summed E-state index contributed by atoms with van der Waals surface area (Å²) in [5.74, 6) is 0. The van der Waals surface area contributed by atoms with Crippen LogP contribution in [0.2, 0.25) is 0 Å². The molecule has 0 amide bonds. The Morgan fingerprint density at radius 3 is 1.33 bits per heavy atom. The lowest BCUT2D eigenvalue weighted by atomic mass is 9.95. The monoisotopic (exact) mass is 438 g/mol. The summed E-state index contributed by atoms with van der Waals surface area (Å²) >= 11 is 0. The Hall–Kier alpha value is -4.72. The zero-order valence-corrected chi connectivity index (χ0v) is 17.3. The second kappa shape index (κ2) is 7.76. The van der Waals surface area contributed by atoms with E-state index < -0.39 is 15.5 Å². The molecule has 0 aliphatic heterocycles. The molecule has 0 saturated heterocycles. The Kier molecular flexibility index (Phi) is 4.75. The van der Waals surface area contributed by atoms with Crippen molar-refractivity contribution in [2.75, 3.05) is 10.6 Å². The minimum Gasteiger partial charge on any atom is -0.350 e. The van der Waals surface area contributed by atoms with Crippen LogP contribution in [0.3, 0.4) is 0 Å². The SMILES string of the molecule is O=[N+]([O-])c1ccccc1NC1(Nc2ccccc2[N+](=O)[O-])c2ccccc2-c2ccccc21. The normalized spacial score (nSPS) is 13.0. The summed E-state index contributed by atoms with van der Waals surface area (Å²) in [6, 6.07) is 28.1. The number of nitro benzene ring substituents is 2. The van der Waals surface area contributed by atoms with Gasteiger partial charge in [-0.15, -0.1) is 0 Å². The highest BCUT2D eigenvalue weighted by Crippen LogP contribution is 2.50. The largest absolute Gasteiger partial charge is 0.350 e. The summed E-state index contributed by atoms with van der Waals surface area (Å²) in [5, 5.41) is 30.2. The molecule has 1 aliphatic rings. The van der Waals surface area contributed by atoms with Crippen molar-refractivity contribution < 1.29 is 9.85 Å². The van der Waals surface area contributed by atoms with Crippen molar-refractivity contribution in [2.24, 2.45) is 0 Å². The number of nitrogens with one attached hydrogen (secondary N) is 2. The van der Waals surface area contributed by atoms with Crippen molar-refractivity contribution in [3.63, 3.8) is 0 Å². The quantitative estimate of drug-likeness (QED) is 0.220. The van der Waals surface area contributed by atoms with Crippen LogP contribution in [-0.2, 0) is 5.66 Å². The first-order chi connectivity index (χ1) is 16.0. The fraction of sp³-hybridized carbons (Fsp3) is 0.0400. The minimum atomic E-state index is -1.19. The van der Waals surface area contributed by atoms with E-state index in [1.807, 2.05) is 48.5 Å². The van der Waals surface area contributed by atoms with Gasteiger partial charge in [-0.3, -0.25) is 20.2 Å². The molecule has 2 N–H and O–H groups in total. The van der Waals surface area contributed by atoms with Gasteiger partial charge in [0, 0.05) is 23.3 Å². The van der Waals surface area contributed by atoms with Crippen molar-refractivity contribution in [3.8, 4) is 11.1 Å². The number of nitrogens with zero attached hydrogens (tertiary/aromatic N) is 2. The van der Waals surface area contributed by atoms with E-state index in [9.17, 15) is 20.2 Å². The number of hydrogen-bond donors (Lipinski definition) is 2. The van der Waals surface area contributed by atoms with Gasteiger partial charge in [-0.25, -0.2) is 0 Å². The summed E-state index contributed by atoms with van der Waals surface area (Å²) < 4.78 is 0. The maximum absolute atomic E-state index is 11.7. The highest BCUT2D eigenvalue weighted by molar-refractivity contribution is 5.86. The van der Waals surface area contributed by atoms with E-state index in [-0.39, 0.29) is 11.4 Å². The van der Waals surface area contributed by atoms with Crippen LogP contribution in [0.5, 0.6) is 0 Å². The number of benzene rings is 4. The molecule has 33 heavy (non-hydrogen) atoms. The molecule has 0 aromatic heterocycles. The minimum absolute atomic E-state index is 0.0944. The Labute approximate surface area is 188 Å². The molecule has 0 bridgehead atoms. The van der Waals surface area contributed by atoms with Crippen LogP contribution < -0.4 is 10.6 Å². The lowest BCUT2D eigenvalue weighted by Crippen LogP contribution is -2.43. The van der Waals surface area contributed by atoms with Crippen molar-refractivity contribution >= 4 is 22.7 Å². The Bertz CT molecular complexity index is 1300. The van der Waals surface area contributed by atoms with E-state index in [1.165, 1.54) is 12.1 Å². The summed E-state index contributed by atoms with van der Waals surface area (Å²) in [4.78, 5) is 22.6. The molecule has 0 radical (unpaired) electrons. The van der Waals surface area contributed by atoms with Gasteiger partial charge in [-0.2, -0.15) is 0 Å². The molecule has 0 spiro atoms. The van der Waals surface area contributed by atoms with Crippen LogP contribution in [0, 0.1) is 20.2 Å².